The molecule has 0 aliphatic carbocycles. The van der Waals surface area contributed by atoms with E-state index in [0.717, 1.165) is 63.9 Å². The SMILES string of the molecule is c1ccc2c(c1)Sc1cccc(N3CCNCC3)c1N=C2N1CCNCC1. The summed E-state index contributed by atoms with van der Waals surface area (Å²) in [7, 11) is 0. The molecule has 0 spiro atoms. The van der Waals surface area contributed by atoms with Gasteiger partial charge in [0, 0.05) is 67.7 Å². The van der Waals surface area contributed by atoms with Gasteiger partial charge < -0.3 is 20.4 Å². The van der Waals surface area contributed by atoms with E-state index in [0.29, 0.717) is 0 Å². The number of fused-ring (bicyclic) bond motifs is 2. The second-order valence-corrected chi connectivity index (χ2v) is 8.22. The summed E-state index contributed by atoms with van der Waals surface area (Å²) in [5.41, 5.74) is 3.66. The Morgan fingerprint density at radius 1 is 0.741 bits per heavy atom. The number of piperazine rings is 2. The molecule has 2 N–H and O–H groups in total. The Balaban J connectivity index is 1.64. The average Bonchev–Trinajstić information content (AvgIpc) is 2.91. The number of para-hydroxylation sites is 1. The first-order chi connectivity index (χ1) is 13.4. The Bertz CT molecular complexity index is 853. The molecule has 3 heterocycles. The van der Waals surface area contributed by atoms with E-state index in [1.165, 1.54) is 21.0 Å². The van der Waals surface area contributed by atoms with Gasteiger partial charge >= 0.3 is 0 Å². The third-order valence-electron chi connectivity index (χ3n) is 5.42. The fourth-order valence-electron chi connectivity index (χ4n) is 4.01. The van der Waals surface area contributed by atoms with Crippen LogP contribution in [0.1, 0.15) is 5.56 Å². The third-order valence-corrected chi connectivity index (χ3v) is 6.54. The van der Waals surface area contributed by atoms with Gasteiger partial charge in [0.2, 0.25) is 0 Å². The number of rotatable bonds is 1. The summed E-state index contributed by atoms with van der Waals surface area (Å²) in [6.45, 7) is 8.17. The molecule has 3 aliphatic heterocycles. The molecule has 2 fully saturated rings. The second kappa shape index (κ2) is 7.54. The van der Waals surface area contributed by atoms with Crippen LogP contribution in [0, 0.1) is 0 Å². The van der Waals surface area contributed by atoms with Crippen molar-refractivity contribution in [1.82, 2.24) is 15.5 Å². The predicted molar refractivity (Wildman–Crippen MR) is 113 cm³/mol. The van der Waals surface area contributed by atoms with E-state index in [-0.39, 0.29) is 0 Å². The van der Waals surface area contributed by atoms with E-state index >= 15 is 0 Å². The zero-order chi connectivity index (χ0) is 18.1. The standard InChI is InChI=1S/C21H25N5S/c1-2-6-18-16(4-1)21(26-14-10-23-11-15-26)24-20-17(5-3-7-19(20)27-18)25-12-8-22-9-13-25/h1-7,22-23H,8-15H2. The molecule has 27 heavy (non-hydrogen) atoms. The van der Waals surface area contributed by atoms with Crippen LogP contribution in [0.4, 0.5) is 11.4 Å². The lowest BCUT2D eigenvalue weighted by atomic mass is 10.1. The smallest absolute Gasteiger partial charge is 0.137 e. The van der Waals surface area contributed by atoms with Crippen LogP contribution in [0.2, 0.25) is 0 Å². The van der Waals surface area contributed by atoms with Crippen LogP contribution >= 0.6 is 11.8 Å². The molecule has 140 valence electrons. The fraction of sp³-hybridized carbons (Fsp3) is 0.381. The Labute approximate surface area is 164 Å². The van der Waals surface area contributed by atoms with Crippen molar-refractivity contribution in [2.75, 3.05) is 57.3 Å². The normalized spacial score (nSPS) is 19.8. The molecule has 0 saturated carbocycles. The Morgan fingerprint density at radius 2 is 1.41 bits per heavy atom. The number of amidine groups is 1. The van der Waals surface area contributed by atoms with Crippen molar-refractivity contribution >= 4 is 29.0 Å². The van der Waals surface area contributed by atoms with E-state index < -0.39 is 0 Å². The molecule has 0 atom stereocenters. The highest BCUT2D eigenvalue weighted by molar-refractivity contribution is 7.99. The molecule has 6 heteroatoms. The second-order valence-electron chi connectivity index (χ2n) is 7.13. The minimum atomic E-state index is 1.00. The van der Waals surface area contributed by atoms with Crippen LogP contribution in [-0.4, -0.2) is 63.1 Å². The predicted octanol–water partition coefficient (Wildman–Crippen LogP) is 2.54. The molecule has 0 radical (unpaired) electrons. The maximum atomic E-state index is 5.31. The first kappa shape index (κ1) is 17.1. The van der Waals surface area contributed by atoms with Gasteiger partial charge in [-0.1, -0.05) is 36.0 Å². The highest BCUT2D eigenvalue weighted by atomic mass is 32.2. The highest BCUT2D eigenvalue weighted by Gasteiger charge is 2.25. The van der Waals surface area contributed by atoms with Crippen molar-refractivity contribution in [3.05, 3.63) is 48.0 Å². The molecule has 2 aromatic carbocycles. The quantitative estimate of drug-likeness (QED) is 0.797. The van der Waals surface area contributed by atoms with Gasteiger partial charge in [-0.2, -0.15) is 0 Å². The van der Waals surface area contributed by atoms with E-state index in [4.69, 9.17) is 4.99 Å². The molecular weight excluding hydrogens is 354 g/mol. The summed E-state index contributed by atoms with van der Waals surface area (Å²) >= 11 is 1.85. The maximum absolute atomic E-state index is 5.31. The number of nitrogens with one attached hydrogen (secondary N) is 2. The molecule has 0 aromatic heterocycles. The van der Waals surface area contributed by atoms with Crippen molar-refractivity contribution in [2.24, 2.45) is 4.99 Å². The summed E-state index contributed by atoms with van der Waals surface area (Å²) in [6.07, 6.45) is 0. The lowest BCUT2D eigenvalue weighted by Crippen LogP contribution is -2.46. The lowest BCUT2D eigenvalue weighted by molar-refractivity contribution is 0.358. The van der Waals surface area contributed by atoms with Gasteiger partial charge in [0.15, 0.2) is 0 Å². The lowest BCUT2D eigenvalue weighted by Gasteiger charge is -2.32. The van der Waals surface area contributed by atoms with Gasteiger partial charge in [0.1, 0.15) is 11.5 Å². The van der Waals surface area contributed by atoms with E-state index in [9.17, 15) is 0 Å². The molecule has 0 bridgehead atoms. The van der Waals surface area contributed by atoms with Crippen molar-refractivity contribution in [1.29, 1.82) is 0 Å². The molecule has 2 aromatic rings. The third kappa shape index (κ3) is 3.33. The van der Waals surface area contributed by atoms with E-state index in [1.807, 2.05) is 11.8 Å². The molecular formula is C21H25N5S. The molecule has 0 amide bonds. The van der Waals surface area contributed by atoms with Gasteiger partial charge in [0.25, 0.3) is 0 Å². The molecule has 5 rings (SSSR count). The minimum absolute atomic E-state index is 1.00. The summed E-state index contributed by atoms with van der Waals surface area (Å²) in [5.74, 6) is 1.13. The van der Waals surface area contributed by atoms with Gasteiger partial charge in [-0.05, 0) is 18.2 Å². The highest BCUT2D eigenvalue weighted by Crippen LogP contribution is 2.45. The monoisotopic (exact) mass is 379 g/mol. The summed E-state index contributed by atoms with van der Waals surface area (Å²) in [5, 5.41) is 6.91. The van der Waals surface area contributed by atoms with Crippen LogP contribution in [-0.2, 0) is 0 Å². The minimum Gasteiger partial charge on any atom is -0.367 e. The van der Waals surface area contributed by atoms with Crippen molar-refractivity contribution < 1.29 is 0 Å². The van der Waals surface area contributed by atoms with Crippen molar-refractivity contribution in [2.45, 2.75) is 9.79 Å². The number of nitrogens with zero attached hydrogens (tertiary/aromatic N) is 3. The molecule has 5 nitrogen and oxygen atoms in total. The number of aliphatic imine (C=N–C) groups is 1. The zero-order valence-corrected chi connectivity index (χ0v) is 16.3. The van der Waals surface area contributed by atoms with Gasteiger partial charge in [-0.15, -0.1) is 0 Å². The maximum Gasteiger partial charge on any atom is 0.137 e. The van der Waals surface area contributed by atoms with E-state index in [1.54, 1.807) is 0 Å². The van der Waals surface area contributed by atoms with Crippen LogP contribution in [0.3, 0.4) is 0 Å². The Kier molecular flexibility index (Phi) is 4.78. The van der Waals surface area contributed by atoms with Gasteiger partial charge in [0.05, 0.1) is 5.69 Å². The number of anilines is 1. The average molecular weight is 380 g/mol. The fourth-order valence-corrected chi connectivity index (χ4v) is 5.06. The first-order valence-corrected chi connectivity index (χ1v) is 10.6. The van der Waals surface area contributed by atoms with Crippen LogP contribution < -0.4 is 15.5 Å². The van der Waals surface area contributed by atoms with E-state index in [2.05, 4.69) is 62.9 Å². The summed E-state index contributed by atoms with van der Waals surface area (Å²) in [4.78, 5) is 12.8. The van der Waals surface area contributed by atoms with Crippen LogP contribution in [0.5, 0.6) is 0 Å². The number of benzene rings is 2. The van der Waals surface area contributed by atoms with Gasteiger partial charge in [-0.25, -0.2) is 4.99 Å². The summed E-state index contributed by atoms with van der Waals surface area (Å²) < 4.78 is 0. The molecule has 3 aliphatic rings. The Morgan fingerprint density at radius 3 is 2.19 bits per heavy atom. The molecule has 0 unspecified atom stereocenters. The topological polar surface area (TPSA) is 42.9 Å². The first-order valence-electron chi connectivity index (χ1n) is 9.80. The van der Waals surface area contributed by atoms with Crippen LogP contribution in [0.25, 0.3) is 0 Å². The largest absolute Gasteiger partial charge is 0.367 e. The van der Waals surface area contributed by atoms with Crippen molar-refractivity contribution in [3.63, 3.8) is 0 Å². The summed E-state index contributed by atoms with van der Waals surface area (Å²) in [6, 6.07) is 15.3. The van der Waals surface area contributed by atoms with Gasteiger partial charge in [-0.3, -0.25) is 0 Å². The number of hydrogen-bond acceptors (Lipinski definition) is 6. The van der Waals surface area contributed by atoms with Crippen molar-refractivity contribution in [3.8, 4) is 0 Å². The van der Waals surface area contributed by atoms with Crippen LogP contribution in [0.15, 0.2) is 57.2 Å². The number of hydrogen-bond donors (Lipinski definition) is 2. The zero-order valence-electron chi connectivity index (χ0n) is 15.4. The molecule has 2 saturated heterocycles. The Hall–Kier alpha value is -2.02.